The van der Waals surface area contributed by atoms with E-state index >= 15 is 0 Å². The van der Waals surface area contributed by atoms with Gasteiger partial charge in [-0.3, -0.25) is 9.48 Å². The van der Waals surface area contributed by atoms with Crippen molar-refractivity contribution in [3.63, 3.8) is 0 Å². The van der Waals surface area contributed by atoms with Crippen LogP contribution in [0.25, 0.3) is 0 Å². The molecule has 0 bridgehead atoms. The van der Waals surface area contributed by atoms with Crippen LogP contribution in [0.1, 0.15) is 29.6 Å². The second-order valence-corrected chi connectivity index (χ2v) is 2.88. The minimum absolute atomic E-state index is 0.114. The number of hydrogen-bond acceptors (Lipinski definition) is 2. The van der Waals surface area contributed by atoms with E-state index in [2.05, 4.69) is 11.0 Å². The zero-order chi connectivity index (χ0) is 9.68. The van der Waals surface area contributed by atoms with Gasteiger partial charge in [0.2, 0.25) is 0 Å². The molecule has 0 spiro atoms. The van der Waals surface area contributed by atoms with Crippen LogP contribution in [0.3, 0.4) is 0 Å². The lowest BCUT2D eigenvalue weighted by Crippen LogP contribution is -1.96. The summed E-state index contributed by atoms with van der Waals surface area (Å²) in [7, 11) is 1.79. The first-order chi connectivity index (χ1) is 6.24. The molecule has 0 atom stereocenters. The van der Waals surface area contributed by atoms with E-state index in [0.717, 1.165) is 6.42 Å². The largest absolute Gasteiger partial charge is 0.294 e. The second-order valence-electron chi connectivity index (χ2n) is 2.88. The van der Waals surface area contributed by atoms with Gasteiger partial charge in [0.15, 0.2) is 5.78 Å². The smallest absolute Gasteiger partial charge is 0.166 e. The van der Waals surface area contributed by atoms with Gasteiger partial charge in [-0.1, -0.05) is 0 Å². The van der Waals surface area contributed by atoms with Gasteiger partial charge >= 0.3 is 0 Å². The van der Waals surface area contributed by atoms with Gasteiger partial charge in [0, 0.05) is 26.1 Å². The standard InChI is InChI=1S/C10H12N2O/c1-3-4-5-6-10(13)9-7-11-12(2)8-9/h1,7-8H,4-6H2,2H3. The first kappa shape index (κ1) is 9.53. The molecule has 0 aromatic carbocycles. The van der Waals surface area contributed by atoms with Crippen molar-refractivity contribution >= 4 is 5.78 Å². The van der Waals surface area contributed by atoms with Crippen molar-refractivity contribution in [1.29, 1.82) is 0 Å². The van der Waals surface area contributed by atoms with Crippen LogP contribution >= 0.6 is 0 Å². The van der Waals surface area contributed by atoms with Crippen LogP contribution in [0, 0.1) is 12.3 Å². The summed E-state index contributed by atoms with van der Waals surface area (Å²) >= 11 is 0. The number of aryl methyl sites for hydroxylation is 1. The number of unbranched alkanes of at least 4 members (excludes halogenated alkanes) is 1. The summed E-state index contributed by atoms with van der Waals surface area (Å²) in [6.45, 7) is 0. The number of carbonyl (C=O) groups is 1. The van der Waals surface area contributed by atoms with E-state index in [1.807, 2.05) is 0 Å². The Morgan fingerprint density at radius 1 is 1.77 bits per heavy atom. The molecule has 3 nitrogen and oxygen atoms in total. The number of ketones is 1. The van der Waals surface area contributed by atoms with E-state index in [1.54, 1.807) is 24.1 Å². The third-order valence-corrected chi connectivity index (χ3v) is 1.75. The van der Waals surface area contributed by atoms with Gasteiger partial charge in [-0.2, -0.15) is 5.10 Å². The molecule has 0 unspecified atom stereocenters. The number of nitrogens with zero attached hydrogens (tertiary/aromatic N) is 2. The van der Waals surface area contributed by atoms with Crippen molar-refractivity contribution < 1.29 is 4.79 Å². The lowest BCUT2D eigenvalue weighted by Gasteiger charge is -1.93. The van der Waals surface area contributed by atoms with Crippen LogP contribution in [0.5, 0.6) is 0 Å². The molecule has 1 aromatic rings. The Balaban J connectivity index is 2.45. The molecular formula is C10H12N2O. The number of carbonyl (C=O) groups excluding carboxylic acids is 1. The highest BCUT2D eigenvalue weighted by Crippen LogP contribution is 2.04. The SMILES string of the molecule is C#CCCCC(=O)c1cnn(C)c1. The van der Waals surface area contributed by atoms with E-state index in [0.29, 0.717) is 18.4 Å². The average Bonchev–Trinajstić information content (AvgIpc) is 2.52. The van der Waals surface area contributed by atoms with Crippen LogP contribution in [0.2, 0.25) is 0 Å². The predicted octanol–water partition coefficient (Wildman–Crippen LogP) is 1.41. The first-order valence-electron chi connectivity index (χ1n) is 4.19. The molecule has 13 heavy (non-hydrogen) atoms. The molecular weight excluding hydrogens is 164 g/mol. The summed E-state index contributed by atoms with van der Waals surface area (Å²) in [5.74, 6) is 2.62. The molecule has 0 amide bonds. The van der Waals surface area contributed by atoms with Gasteiger partial charge in [-0.15, -0.1) is 12.3 Å². The fourth-order valence-electron chi connectivity index (χ4n) is 1.06. The van der Waals surface area contributed by atoms with Crippen LogP contribution in [0.4, 0.5) is 0 Å². The monoisotopic (exact) mass is 176 g/mol. The predicted molar refractivity (Wildman–Crippen MR) is 50.2 cm³/mol. The van der Waals surface area contributed by atoms with Crippen LogP contribution in [-0.4, -0.2) is 15.6 Å². The summed E-state index contributed by atoms with van der Waals surface area (Å²) in [5, 5.41) is 3.92. The Hall–Kier alpha value is -1.56. The number of aromatic nitrogens is 2. The van der Waals surface area contributed by atoms with E-state index < -0.39 is 0 Å². The Morgan fingerprint density at radius 2 is 2.54 bits per heavy atom. The zero-order valence-electron chi connectivity index (χ0n) is 7.66. The van der Waals surface area contributed by atoms with Gasteiger partial charge in [0.1, 0.15) is 0 Å². The lowest BCUT2D eigenvalue weighted by molar-refractivity contribution is 0.0980. The maximum Gasteiger partial charge on any atom is 0.166 e. The van der Waals surface area contributed by atoms with Crippen molar-refractivity contribution in [3.8, 4) is 12.3 Å². The van der Waals surface area contributed by atoms with Crippen molar-refractivity contribution in [2.24, 2.45) is 7.05 Å². The number of Topliss-reactive ketones (excluding diaryl/α,β-unsaturated/α-hetero) is 1. The Labute approximate surface area is 77.8 Å². The van der Waals surface area contributed by atoms with E-state index in [-0.39, 0.29) is 5.78 Å². The molecule has 0 aliphatic heterocycles. The fraction of sp³-hybridized carbons (Fsp3) is 0.400. The normalized spacial score (nSPS) is 9.54. The third kappa shape index (κ3) is 2.75. The van der Waals surface area contributed by atoms with Gasteiger partial charge in [0.25, 0.3) is 0 Å². The maximum absolute atomic E-state index is 11.4. The Kier molecular flexibility index (Phi) is 3.27. The van der Waals surface area contributed by atoms with E-state index in [4.69, 9.17) is 6.42 Å². The van der Waals surface area contributed by atoms with Gasteiger partial charge < -0.3 is 0 Å². The Bertz CT molecular complexity index is 333. The van der Waals surface area contributed by atoms with Crippen LogP contribution in [0.15, 0.2) is 12.4 Å². The summed E-state index contributed by atoms with van der Waals surface area (Å²) in [6.07, 6.45) is 10.3. The molecule has 1 heterocycles. The van der Waals surface area contributed by atoms with Crippen LogP contribution < -0.4 is 0 Å². The topological polar surface area (TPSA) is 34.9 Å². The minimum Gasteiger partial charge on any atom is -0.294 e. The summed E-state index contributed by atoms with van der Waals surface area (Å²) in [6, 6.07) is 0. The Morgan fingerprint density at radius 3 is 3.08 bits per heavy atom. The summed E-state index contributed by atoms with van der Waals surface area (Å²) in [5.41, 5.74) is 0.666. The highest BCUT2D eigenvalue weighted by atomic mass is 16.1. The highest BCUT2D eigenvalue weighted by molar-refractivity contribution is 5.95. The molecule has 3 heteroatoms. The van der Waals surface area contributed by atoms with Crippen molar-refractivity contribution in [2.45, 2.75) is 19.3 Å². The fourth-order valence-corrected chi connectivity index (χ4v) is 1.06. The second kappa shape index (κ2) is 4.46. The molecule has 1 rings (SSSR count). The molecule has 0 saturated heterocycles. The number of hydrogen-bond donors (Lipinski definition) is 0. The molecule has 0 N–H and O–H groups in total. The van der Waals surface area contributed by atoms with Gasteiger partial charge in [0.05, 0.1) is 11.8 Å². The summed E-state index contributed by atoms with van der Waals surface area (Å²) in [4.78, 5) is 11.4. The van der Waals surface area contributed by atoms with Crippen LogP contribution in [-0.2, 0) is 7.05 Å². The molecule has 1 aromatic heterocycles. The minimum atomic E-state index is 0.114. The summed E-state index contributed by atoms with van der Waals surface area (Å²) < 4.78 is 1.62. The quantitative estimate of drug-likeness (QED) is 0.395. The molecule has 0 aliphatic rings. The molecule has 0 radical (unpaired) electrons. The molecule has 0 fully saturated rings. The van der Waals surface area contributed by atoms with Gasteiger partial charge in [-0.05, 0) is 6.42 Å². The van der Waals surface area contributed by atoms with Crippen molar-refractivity contribution in [3.05, 3.63) is 18.0 Å². The van der Waals surface area contributed by atoms with E-state index in [1.165, 1.54) is 0 Å². The number of rotatable bonds is 4. The third-order valence-electron chi connectivity index (χ3n) is 1.75. The molecule has 68 valence electrons. The average molecular weight is 176 g/mol. The van der Waals surface area contributed by atoms with Gasteiger partial charge in [-0.25, -0.2) is 0 Å². The lowest BCUT2D eigenvalue weighted by atomic mass is 10.1. The highest BCUT2D eigenvalue weighted by Gasteiger charge is 2.06. The zero-order valence-corrected chi connectivity index (χ0v) is 7.66. The maximum atomic E-state index is 11.4. The van der Waals surface area contributed by atoms with Crippen molar-refractivity contribution in [2.75, 3.05) is 0 Å². The van der Waals surface area contributed by atoms with E-state index in [9.17, 15) is 4.79 Å². The first-order valence-corrected chi connectivity index (χ1v) is 4.19. The molecule has 0 saturated carbocycles. The van der Waals surface area contributed by atoms with Crippen molar-refractivity contribution in [1.82, 2.24) is 9.78 Å². The number of terminal acetylenes is 1. The molecule has 0 aliphatic carbocycles.